The zero-order valence-electron chi connectivity index (χ0n) is 12.9. The molecule has 2 N–H and O–H groups in total. The summed E-state index contributed by atoms with van der Waals surface area (Å²) in [6.45, 7) is 11.8. The SMILES string of the molecule is CC(C)(C)OC(=O)N1CCCC1[C@H]1[C@H](CN)C1(C)C. The normalized spacial score (nSPS) is 33.4. The fourth-order valence-corrected chi connectivity index (χ4v) is 3.71. The molecular formula is C15H28N2O2. The van der Waals surface area contributed by atoms with Crippen LogP contribution in [0.25, 0.3) is 0 Å². The summed E-state index contributed by atoms with van der Waals surface area (Å²) >= 11 is 0. The number of carbonyl (C=O) groups is 1. The minimum absolute atomic E-state index is 0.159. The quantitative estimate of drug-likeness (QED) is 0.837. The Hall–Kier alpha value is -0.770. The number of hydrogen-bond donors (Lipinski definition) is 1. The Labute approximate surface area is 116 Å². The summed E-state index contributed by atoms with van der Waals surface area (Å²) in [7, 11) is 0. The number of amides is 1. The zero-order chi connectivity index (χ0) is 14.4. The molecule has 1 amide bonds. The Morgan fingerprint density at radius 2 is 2.05 bits per heavy atom. The van der Waals surface area contributed by atoms with Crippen LogP contribution in [0.4, 0.5) is 4.79 Å². The third kappa shape index (κ3) is 2.73. The van der Waals surface area contributed by atoms with E-state index in [2.05, 4.69) is 13.8 Å². The molecule has 0 aromatic carbocycles. The Balaban J connectivity index is 2.04. The number of ether oxygens (including phenoxy) is 1. The maximum Gasteiger partial charge on any atom is 0.410 e. The number of hydrogen-bond acceptors (Lipinski definition) is 3. The number of carbonyl (C=O) groups excluding carboxylic acids is 1. The molecular weight excluding hydrogens is 240 g/mol. The van der Waals surface area contributed by atoms with Crippen molar-refractivity contribution in [2.45, 2.75) is 59.1 Å². The van der Waals surface area contributed by atoms with Gasteiger partial charge in [0.2, 0.25) is 0 Å². The van der Waals surface area contributed by atoms with Gasteiger partial charge in [-0.05, 0) is 57.4 Å². The van der Waals surface area contributed by atoms with Crippen LogP contribution < -0.4 is 5.73 Å². The van der Waals surface area contributed by atoms with E-state index in [1.165, 1.54) is 0 Å². The van der Waals surface area contributed by atoms with Gasteiger partial charge in [-0.1, -0.05) is 13.8 Å². The van der Waals surface area contributed by atoms with Crippen molar-refractivity contribution in [3.8, 4) is 0 Å². The molecule has 0 aromatic rings. The number of likely N-dealkylation sites (tertiary alicyclic amines) is 1. The van der Waals surface area contributed by atoms with E-state index in [4.69, 9.17) is 10.5 Å². The second kappa shape index (κ2) is 4.65. The van der Waals surface area contributed by atoms with Crippen molar-refractivity contribution in [1.29, 1.82) is 0 Å². The summed E-state index contributed by atoms with van der Waals surface area (Å²) in [4.78, 5) is 14.2. The van der Waals surface area contributed by atoms with E-state index in [-0.39, 0.29) is 11.5 Å². The van der Waals surface area contributed by atoms with E-state index >= 15 is 0 Å². The average molecular weight is 268 g/mol. The van der Waals surface area contributed by atoms with Gasteiger partial charge in [-0.25, -0.2) is 4.79 Å². The predicted molar refractivity (Wildman–Crippen MR) is 75.8 cm³/mol. The van der Waals surface area contributed by atoms with Crippen molar-refractivity contribution in [1.82, 2.24) is 4.90 Å². The van der Waals surface area contributed by atoms with Crippen LogP contribution in [-0.4, -0.2) is 35.7 Å². The lowest BCUT2D eigenvalue weighted by molar-refractivity contribution is 0.0198. The van der Waals surface area contributed by atoms with Gasteiger partial charge < -0.3 is 15.4 Å². The van der Waals surface area contributed by atoms with Crippen LogP contribution in [0.5, 0.6) is 0 Å². The van der Waals surface area contributed by atoms with E-state index in [1.807, 2.05) is 25.7 Å². The number of nitrogens with zero attached hydrogens (tertiary/aromatic N) is 1. The monoisotopic (exact) mass is 268 g/mol. The smallest absolute Gasteiger partial charge is 0.410 e. The van der Waals surface area contributed by atoms with Gasteiger partial charge in [0.1, 0.15) is 5.60 Å². The van der Waals surface area contributed by atoms with E-state index in [1.54, 1.807) is 0 Å². The van der Waals surface area contributed by atoms with E-state index in [9.17, 15) is 4.79 Å². The largest absolute Gasteiger partial charge is 0.444 e. The summed E-state index contributed by atoms with van der Waals surface area (Å²) < 4.78 is 5.52. The maximum atomic E-state index is 12.3. The highest BCUT2D eigenvalue weighted by Gasteiger charge is 2.62. The standard InChI is InChI=1S/C15H28N2O2/c1-14(2,3)19-13(18)17-8-6-7-11(17)12-10(9-16)15(12,4)5/h10-12H,6-9,16H2,1-5H3/t10-,11?,12+/m0/s1. The van der Waals surface area contributed by atoms with Crippen molar-refractivity contribution in [3.05, 3.63) is 0 Å². The van der Waals surface area contributed by atoms with Gasteiger partial charge >= 0.3 is 6.09 Å². The van der Waals surface area contributed by atoms with Gasteiger partial charge in [0.25, 0.3) is 0 Å². The van der Waals surface area contributed by atoms with Crippen molar-refractivity contribution in [3.63, 3.8) is 0 Å². The molecule has 1 saturated carbocycles. The van der Waals surface area contributed by atoms with Gasteiger partial charge in [0.05, 0.1) is 0 Å². The highest BCUT2D eigenvalue weighted by atomic mass is 16.6. The van der Waals surface area contributed by atoms with Crippen molar-refractivity contribution >= 4 is 6.09 Å². The van der Waals surface area contributed by atoms with Crippen LogP contribution >= 0.6 is 0 Å². The average Bonchev–Trinajstić information content (AvgIpc) is 2.62. The molecule has 1 heterocycles. The van der Waals surface area contributed by atoms with Gasteiger partial charge in [-0.3, -0.25) is 0 Å². The fourth-order valence-electron chi connectivity index (χ4n) is 3.71. The molecule has 1 saturated heterocycles. The maximum absolute atomic E-state index is 12.3. The fraction of sp³-hybridized carbons (Fsp3) is 0.933. The molecule has 19 heavy (non-hydrogen) atoms. The Kier molecular flexibility index (Phi) is 3.58. The van der Waals surface area contributed by atoms with Crippen LogP contribution in [0.3, 0.4) is 0 Å². The Morgan fingerprint density at radius 3 is 2.53 bits per heavy atom. The second-order valence-corrected chi connectivity index (χ2v) is 7.57. The third-order valence-corrected chi connectivity index (χ3v) is 4.73. The molecule has 2 fully saturated rings. The Bertz CT molecular complexity index is 360. The molecule has 0 aromatic heterocycles. The van der Waals surface area contributed by atoms with Crippen LogP contribution in [0.1, 0.15) is 47.5 Å². The molecule has 3 atom stereocenters. The number of nitrogens with two attached hydrogens (primary N) is 1. The molecule has 110 valence electrons. The first-order chi connectivity index (χ1) is 8.68. The first-order valence-corrected chi connectivity index (χ1v) is 7.38. The summed E-state index contributed by atoms with van der Waals surface area (Å²) in [6, 6.07) is 0.318. The molecule has 4 heteroatoms. The van der Waals surface area contributed by atoms with E-state index in [0.29, 0.717) is 17.9 Å². The molecule has 0 bridgehead atoms. The van der Waals surface area contributed by atoms with Gasteiger partial charge in [0.15, 0.2) is 0 Å². The molecule has 0 spiro atoms. The first kappa shape index (κ1) is 14.6. The molecule has 4 nitrogen and oxygen atoms in total. The highest BCUT2D eigenvalue weighted by molar-refractivity contribution is 5.69. The van der Waals surface area contributed by atoms with Gasteiger partial charge in [0, 0.05) is 12.6 Å². The summed E-state index contributed by atoms with van der Waals surface area (Å²) in [5.41, 5.74) is 5.70. The lowest BCUT2D eigenvalue weighted by Gasteiger charge is -2.29. The van der Waals surface area contributed by atoms with Gasteiger partial charge in [-0.15, -0.1) is 0 Å². The van der Waals surface area contributed by atoms with Crippen LogP contribution in [0, 0.1) is 17.3 Å². The first-order valence-electron chi connectivity index (χ1n) is 7.38. The highest BCUT2D eigenvalue weighted by Crippen LogP contribution is 2.61. The van der Waals surface area contributed by atoms with E-state index in [0.717, 1.165) is 25.9 Å². The third-order valence-electron chi connectivity index (χ3n) is 4.73. The topological polar surface area (TPSA) is 55.6 Å². The van der Waals surface area contributed by atoms with Crippen LogP contribution in [0.15, 0.2) is 0 Å². The molecule has 2 aliphatic rings. The molecule has 0 radical (unpaired) electrons. The van der Waals surface area contributed by atoms with Gasteiger partial charge in [-0.2, -0.15) is 0 Å². The van der Waals surface area contributed by atoms with Crippen LogP contribution in [0.2, 0.25) is 0 Å². The molecule has 2 rings (SSSR count). The molecule has 1 aliphatic heterocycles. The molecule has 1 aliphatic carbocycles. The second-order valence-electron chi connectivity index (χ2n) is 7.57. The predicted octanol–water partition coefficient (Wildman–Crippen LogP) is 2.62. The zero-order valence-corrected chi connectivity index (χ0v) is 12.9. The summed E-state index contributed by atoms with van der Waals surface area (Å²) in [6.07, 6.45) is 2.01. The minimum atomic E-state index is -0.420. The van der Waals surface area contributed by atoms with Crippen LogP contribution in [-0.2, 0) is 4.74 Å². The minimum Gasteiger partial charge on any atom is -0.444 e. The summed E-state index contributed by atoms with van der Waals surface area (Å²) in [5, 5.41) is 0. The van der Waals surface area contributed by atoms with Crippen molar-refractivity contribution in [2.75, 3.05) is 13.1 Å². The lowest BCUT2D eigenvalue weighted by Crippen LogP contribution is -2.41. The van der Waals surface area contributed by atoms with E-state index < -0.39 is 5.60 Å². The van der Waals surface area contributed by atoms with Crippen molar-refractivity contribution in [2.24, 2.45) is 23.0 Å². The Morgan fingerprint density at radius 1 is 1.42 bits per heavy atom. The molecule has 1 unspecified atom stereocenters. The summed E-state index contributed by atoms with van der Waals surface area (Å²) in [5.74, 6) is 1.08. The van der Waals surface area contributed by atoms with Crippen molar-refractivity contribution < 1.29 is 9.53 Å². The lowest BCUT2D eigenvalue weighted by atomic mass is 10.0. The number of rotatable bonds is 2.